The van der Waals surface area contributed by atoms with Gasteiger partial charge in [0.1, 0.15) is 12.4 Å². The number of nitrogens with zero attached hydrogens (tertiary/aromatic N) is 2. The van der Waals surface area contributed by atoms with Gasteiger partial charge in [-0.05, 0) is 31.4 Å². The van der Waals surface area contributed by atoms with Gasteiger partial charge in [0.05, 0.1) is 0 Å². The minimum atomic E-state index is -4.24. The Kier molecular flexibility index (Phi) is 5.60. The summed E-state index contributed by atoms with van der Waals surface area (Å²) in [6, 6.07) is 3.39. The van der Waals surface area contributed by atoms with Crippen LogP contribution in [-0.4, -0.2) is 30.3 Å². The average Bonchev–Trinajstić information content (AvgIpc) is 2.26. The maximum atomic E-state index is 12.6. The summed E-state index contributed by atoms with van der Waals surface area (Å²) in [6.45, 7) is 3.01. The Bertz CT molecular complexity index is 391. The maximum Gasteiger partial charge on any atom is 0.405 e. The number of halogens is 3. The van der Waals surface area contributed by atoms with Gasteiger partial charge in [0.25, 0.3) is 0 Å². The first kappa shape index (κ1) is 15.8. The zero-order valence-corrected chi connectivity index (χ0v) is 11.2. The molecule has 1 aromatic rings. The third-order valence-corrected chi connectivity index (χ3v) is 2.57. The normalized spacial score (nSPS) is 13.4. The Labute approximate surface area is 111 Å². The number of nitrogens with two attached hydrogens (primary N) is 1. The number of anilines is 1. The Morgan fingerprint density at radius 3 is 2.63 bits per heavy atom. The number of alkyl halides is 3. The smallest absolute Gasteiger partial charge is 0.347 e. The van der Waals surface area contributed by atoms with Crippen molar-refractivity contribution in [3.05, 3.63) is 23.9 Å². The molecule has 0 amide bonds. The fraction of sp³-hybridized carbons (Fsp3) is 0.615. The number of hydrogen-bond donors (Lipinski definition) is 1. The zero-order valence-electron chi connectivity index (χ0n) is 11.2. The number of rotatable bonds is 6. The van der Waals surface area contributed by atoms with Crippen molar-refractivity contribution in [2.24, 2.45) is 5.73 Å². The maximum absolute atomic E-state index is 12.6. The van der Waals surface area contributed by atoms with Gasteiger partial charge in [-0.1, -0.05) is 13.0 Å². The van der Waals surface area contributed by atoms with Crippen LogP contribution in [0.5, 0.6) is 0 Å². The molecule has 0 aromatic carbocycles. The minimum Gasteiger partial charge on any atom is -0.347 e. The first-order chi connectivity index (χ1) is 8.83. The topological polar surface area (TPSA) is 42.2 Å². The third-order valence-electron chi connectivity index (χ3n) is 2.57. The fourth-order valence-electron chi connectivity index (χ4n) is 1.97. The lowest BCUT2D eigenvalue weighted by Crippen LogP contribution is -2.36. The van der Waals surface area contributed by atoms with Crippen LogP contribution in [0, 0.1) is 0 Å². The number of pyridine rings is 1. The van der Waals surface area contributed by atoms with Crippen LogP contribution >= 0.6 is 0 Å². The molecule has 0 fully saturated rings. The Balaban J connectivity index is 3.00. The van der Waals surface area contributed by atoms with E-state index in [-0.39, 0.29) is 6.04 Å². The SMILES string of the molecule is CCCN(CC(F)(F)F)c1ncccc1CC(C)N. The Morgan fingerprint density at radius 1 is 1.42 bits per heavy atom. The lowest BCUT2D eigenvalue weighted by atomic mass is 10.1. The van der Waals surface area contributed by atoms with Crippen molar-refractivity contribution in [2.45, 2.75) is 38.9 Å². The lowest BCUT2D eigenvalue weighted by molar-refractivity contribution is -0.119. The predicted molar refractivity (Wildman–Crippen MR) is 70.1 cm³/mol. The van der Waals surface area contributed by atoms with Crippen LogP contribution in [0.4, 0.5) is 19.0 Å². The second kappa shape index (κ2) is 6.75. The summed E-state index contributed by atoms with van der Waals surface area (Å²) < 4.78 is 37.8. The molecule has 1 aromatic heterocycles. The van der Waals surface area contributed by atoms with Gasteiger partial charge in [-0.25, -0.2) is 4.98 Å². The zero-order chi connectivity index (χ0) is 14.5. The molecular formula is C13H20F3N3. The molecule has 1 heterocycles. The molecule has 108 valence electrons. The van der Waals surface area contributed by atoms with Crippen molar-refractivity contribution in [1.29, 1.82) is 0 Å². The second-order valence-corrected chi connectivity index (χ2v) is 4.70. The lowest BCUT2D eigenvalue weighted by Gasteiger charge is -2.26. The molecule has 0 aliphatic heterocycles. The third kappa shape index (κ3) is 5.46. The van der Waals surface area contributed by atoms with Crippen molar-refractivity contribution >= 4 is 5.82 Å². The van der Waals surface area contributed by atoms with E-state index in [1.54, 1.807) is 12.1 Å². The van der Waals surface area contributed by atoms with Gasteiger partial charge < -0.3 is 10.6 Å². The van der Waals surface area contributed by atoms with Gasteiger partial charge in [-0.15, -0.1) is 0 Å². The molecule has 0 spiro atoms. The fourth-order valence-corrected chi connectivity index (χ4v) is 1.97. The van der Waals surface area contributed by atoms with Gasteiger partial charge in [0, 0.05) is 18.8 Å². The molecule has 1 unspecified atom stereocenters. The van der Waals surface area contributed by atoms with Gasteiger partial charge in [-0.3, -0.25) is 0 Å². The second-order valence-electron chi connectivity index (χ2n) is 4.70. The van der Waals surface area contributed by atoms with Gasteiger partial charge >= 0.3 is 6.18 Å². The van der Waals surface area contributed by atoms with E-state index in [0.29, 0.717) is 25.2 Å². The van der Waals surface area contributed by atoms with E-state index in [2.05, 4.69) is 4.98 Å². The molecule has 2 N–H and O–H groups in total. The molecule has 0 radical (unpaired) electrons. The standard InChI is InChI=1S/C13H20F3N3/c1-3-7-19(9-13(14,15)16)12-11(8-10(2)17)5-4-6-18-12/h4-6,10H,3,7-9,17H2,1-2H3. The molecule has 0 saturated heterocycles. The summed E-state index contributed by atoms with van der Waals surface area (Å²) >= 11 is 0. The van der Waals surface area contributed by atoms with E-state index >= 15 is 0 Å². The quantitative estimate of drug-likeness (QED) is 0.868. The Hall–Kier alpha value is -1.30. The van der Waals surface area contributed by atoms with E-state index in [4.69, 9.17) is 5.73 Å². The van der Waals surface area contributed by atoms with Crippen molar-refractivity contribution in [2.75, 3.05) is 18.0 Å². The van der Waals surface area contributed by atoms with Crippen LogP contribution in [-0.2, 0) is 6.42 Å². The summed E-state index contributed by atoms with van der Waals surface area (Å²) in [4.78, 5) is 5.38. The molecule has 0 aliphatic carbocycles. The molecule has 19 heavy (non-hydrogen) atoms. The summed E-state index contributed by atoms with van der Waals surface area (Å²) in [5.74, 6) is 0.388. The predicted octanol–water partition coefficient (Wildman–Crippen LogP) is 2.75. The summed E-state index contributed by atoms with van der Waals surface area (Å²) in [5, 5.41) is 0. The van der Waals surface area contributed by atoms with Crippen LogP contribution in [0.3, 0.4) is 0 Å². The highest BCUT2D eigenvalue weighted by Gasteiger charge is 2.31. The largest absolute Gasteiger partial charge is 0.405 e. The highest BCUT2D eigenvalue weighted by molar-refractivity contribution is 5.47. The molecule has 3 nitrogen and oxygen atoms in total. The average molecular weight is 275 g/mol. The monoisotopic (exact) mass is 275 g/mol. The summed E-state index contributed by atoms with van der Waals surface area (Å²) in [7, 11) is 0. The number of aromatic nitrogens is 1. The van der Waals surface area contributed by atoms with E-state index in [9.17, 15) is 13.2 Å². The van der Waals surface area contributed by atoms with Gasteiger partial charge in [0.2, 0.25) is 0 Å². The van der Waals surface area contributed by atoms with Crippen molar-refractivity contribution in [3.63, 3.8) is 0 Å². The van der Waals surface area contributed by atoms with Crippen molar-refractivity contribution < 1.29 is 13.2 Å². The summed E-state index contributed by atoms with van der Waals surface area (Å²) in [5.41, 5.74) is 6.49. The van der Waals surface area contributed by atoms with E-state index in [1.165, 1.54) is 11.1 Å². The van der Waals surface area contributed by atoms with Crippen LogP contribution < -0.4 is 10.6 Å². The van der Waals surface area contributed by atoms with Crippen molar-refractivity contribution in [1.82, 2.24) is 4.98 Å². The highest BCUT2D eigenvalue weighted by Crippen LogP contribution is 2.24. The molecule has 6 heteroatoms. The molecule has 0 aliphatic rings. The number of hydrogen-bond acceptors (Lipinski definition) is 3. The first-order valence-corrected chi connectivity index (χ1v) is 6.34. The minimum absolute atomic E-state index is 0.114. The van der Waals surface area contributed by atoms with Crippen molar-refractivity contribution in [3.8, 4) is 0 Å². The molecule has 1 atom stereocenters. The first-order valence-electron chi connectivity index (χ1n) is 6.34. The molecule has 0 bridgehead atoms. The van der Waals surface area contributed by atoms with Crippen LogP contribution in [0.25, 0.3) is 0 Å². The molecule has 1 rings (SSSR count). The Morgan fingerprint density at radius 2 is 2.11 bits per heavy atom. The van der Waals surface area contributed by atoms with Gasteiger partial charge in [0.15, 0.2) is 0 Å². The molecule has 0 saturated carbocycles. The molecular weight excluding hydrogens is 255 g/mol. The highest BCUT2D eigenvalue weighted by atomic mass is 19.4. The van der Waals surface area contributed by atoms with Crippen LogP contribution in [0.2, 0.25) is 0 Å². The van der Waals surface area contributed by atoms with Crippen LogP contribution in [0.15, 0.2) is 18.3 Å². The van der Waals surface area contributed by atoms with E-state index in [0.717, 1.165) is 5.56 Å². The van der Waals surface area contributed by atoms with E-state index in [1.807, 2.05) is 13.8 Å². The van der Waals surface area contributed by atoms with Gasteiger partial charge in [-0.2, -0.15) is 13.2 Å². The van der Waals surface area contributed by atoms with Crippen LogP contribution in [0.1, 0.15) is 25.8 Å². The van der Waals surface area contributed by atoms with E-state index < -0.39 is 12.7 Å². The summed E-state index contributed by atoms with van der Waals surface area (Å²) in [6.07, 6.45) is -1.58.